The van der Waals surface area contributed by atoms with E-state index in [1.54, 1.807) is 30.2 Å². The van der Waals surface area contributed by atoms with Gasteiger partial charge in [0.25, 0.3) is 0 Å². The van der Waals surface area contributed by atoms with Gasteiger partial charge in [-0.25, -0.2) is 4.98 Å². The van der Waals surface area contributed by atoms with Gasteiger partial charge < -0.3 is 15.0 Å². The molecule has 0 fully saturated rings. The Bertz CT molecular complexity index is 565. The molecule has 0 saturated carbocycles. The molecule has 1 heterocycles. The smallest absolute Gasteiger partial charge is 0.406 e. The second kappa shape index (κ2) is 4.93. The number of nitrogens with two attached hydrogens (primary N) is 1. The van der Waals surface area contributed by atoms with E-state index >= 15 is 0 Å². The first-order valence-corrected chi connectivity index (χ1v) is 5.44. The van der Waals surface area contributed by atoms with Gasteiger partial charge in [0.2, 0.25) is 0 Å². The molecule has 0 saturated heterocycles. The van der Waals surface area contributed by atoms with Crippen LogP contribution in [0.3, 0.4) is 0 Å². The third kappa shape index (κ3) is 3.25. The summed E-state index contributed by atoms with van der Waals surface area (Å²) in [5.41, 5.74) is 7.21. The van der Waals surface area contributed by atoms with Crippen molar-refractivity contribution >= 4 is 0 Å². The highest BCUT2D eigenvalue weighted by Gasteiger charge is 2.31. The van der Waals surface area contributed by atoms with Crippen LogP contribution in [-0.2, 0) is 7.05 Å². The maximum absolute atomic E-state index is 12.1. The second-order valence-corrected chi connectivity index (χ2v) is 4.03. The second-order valence-electron chi connectivity index (χ2n) is 4.03. The quantitative estimate of drug-likeness (QED) is 0.932. The third-order valence-corrected chi connectivity index (χ3v) is 2.62. The van der Waals surface area contributed by atoms with Crippen molar-refractivity contribution in [3.8, 4) is 5.75 Å². The Morgan fingerprint density at radius 1 is 1.37 bits per heavy atom. The number of hydrogen-bond acceptors (Lipinski definition) is 3. The van der Waals surface area contributed by atoms with E-state index < -0.39 is 12.4 Å². The van der Waals surface area contributed by atoms with Gasteiger partial charge in [-0.1, -0.05) is 12.1 Å². The molecule has 0 radical (unpaired) electrons. The van der Waals surface area contributed by atoms with E-state index in [4.69, 9.17) is 5.73 Å². The van der Waals surface area contributed by atoms with Crippen LogP contribution in [0.25, 0.3) is 0 Å². The van der Waals surface area contributed by atoms with Crippen molar-refractivity contribution in [3.63, 3.8) is 0 Å². The Morgan fingerprint density at radius 2 is 2.11 bits per heavy atom. The molecule has 0 aliphatic rings. The number of alkyl halides is 3. The lowest BCUT2D eigenvalue weighted by molar-refractivity contribution is -0.274. The van der Waals surface area contributed by atoms with Gasteiger partial charge in [-0.3, -0.25) is 0 Å². The summed E-state index contributed by atoms with van der Waals surface area (Å²) in [4.78, 5) is 3.92. The van der Waals surface area contributed by atoms with Crippen molar-refractivity contribution in [2.45, 2.75) is 12.4 Å². The largest absolute Gasteiger partial charge is 0.573 e. The van der Waals surface area contributed by atoms with Crippen LogP contribution in [0.4, 0.5) is 13.2 Å². The number of rotatable bonds is 3. The fraction of sp³-hybridized carbons (Fsp3) is 0.250. The monoisotopic (exact) mass is 271 g/mol. The van der Waals surface area contributed by atoms with Gasteiger partial charge in [-0.15, -0.1) is 13.2 Å². The molecule has 2 aromatic rings. The van der Waals surface area contributed by atoms with E-state index in [2.05, 4.69) is 9.72 Å². The Balaban J connectivity index is 2.26. The molecule has 2 N–H and O–H groups in total. The van der Waals surface area contributed by atoms with E-state index in [1.807, 2.05) is 0 Å². The first-order chi connectivity index (χ1) is 8.87. The highest BCUT2D eigenvalue weighted by Crippen LogP contribution is 2.26. The van der Waals surface area contributed by atoms with Crippen LogP contribution < -0.4 is 10.5 Å². The Morgan fingerprint density at radius 3 is 2.68 bits per heavy atom. The molecular formula is C12H12F3N3O. The molecule has 0 spiro atoms. The minimum Gasteiger partial charge on any atom is -0.406 e. The van der Waals surface area contributed by atoms with E-state index in [-0.39, 0.29) is 5.75 Å². The topological polar surface area (TPSA) is 53.1 Å². The maximum Gasteiger partial charge on any atom is 0.573 e. The van der Waals surface area contributed by atoms with Crippen molar-refractivity contribution < 1.29 is 17.9 Å². The van der Waals surface area contributed by atoms with E-state index in [9.17, 15) is 13.2 Å². The van der Waals surface area contributed by atoms with E-state index in [0.29, 0.717) is 11.3 Å². The Labute approximate surface area is 107 Å². The number of ether oxygens (including phenoxy) is 1. The molecule has 1 atom stereocenters. The van der Waals surface area contributed by atoms with Crippen LogP contribution in [0.2, 0.25) is 0 Å². The lowest BCUT2D eigenvalue weighted by Gasteiger charge is -2.15. The predicted molar refractivity (Wildman–Crippen MR) is 62.4 cm³/mol. The fourth-order valence-electron chi connectivity index (χ4n) is 1.74. The lowest BCUT2D eigenvalue weighted by atomic mass is 10.0. The van der Waals surface area contributed by atoms with Crippen LogP contribution in [0, 0.1) is 0 Å². The number of halogens is 3. The van der Waals surface area contributed by atoms with Gasteiger partial charge in [0.1, 0.15) is 5.75 Å². The minimum absolute atomic E-state index is 0.289. The summed E-state index contributed by atoms with van der Waals surface area (Å²) in [6, 6.07) is 5.04. The van der Waals surface area contributed by atoms with Crippen LogP contribution >= 0.6 is 0 Å². The van der Waals surface area contributed by atoms with Gasteiger partial charge in [0.05, 0.1) is 24.3 Å². The number of aryl methyl sites for hydroxylation is 1. The molecule has 2 rings (SSSR count). The van der Waals surface area contributed by atoms with Crippen molar-refractivity contribution in [1.82, 2.24) is 9.55 Å². The zero-order valence-electron chi connectivity index (χ0n) is 10.1. The summed E-state index contributed by atoms with van der Waals surface area (Å²) in [5, 5.41) is 0. The third-order valence-electron chi connectivity index (χ3n) is 2.62. The Kier molecular flexibility index (Phi) is 3.48. The summed E-state index contributed by atoms with van der Waals surface area (Å²) < 4.78 is 42.0. The molecule has 7 heteroatoms. The first-order valence-electron chi connectivity index (χ1n) is 5.44. The van der Waals surface area contributed by atoms with Crippen molar-refractivity contribution in [2.75, 3.05) is 0 Å². The number of aromatic nitrogens is 2. The van der Waals surface area contributed by atoms with Crippen molar-refractivity contribution in [2.24, 2.45) is 12.8 Å². The summed E-state index contributed by atoms with van der Waals surface area (Å²) in [7, 11) is 1.76. The van der Waals surface area contributed by atoms with Gasteiger partial charge >= 0.3 is 6.36 Å². The normalized spacial score (nSPS) is 13.3. The first kappa shape index (κ1) is 13.4. The van der Waals surface area contributed by atoms with Crippen molar-refractivity contribution in [1.29, 1.82) is 0 Å². The molecule has 0 aliphatic heterocycles. The summed E-state index contributed by atoms with van der Waals surface area (Å²) in [5.74, 6) is -0.289. The molecule has 1 aromatic heterocycles. The molecular weight excluding hydrogens is 259 g/mol. The highest BCUT2D eigenvalue weighted by atomic mass is 19.4. The van der Waals surface area contributed by atoms with Gasteiger partial charge in [0.15, 0.2) is 0 Å². The van der Waals surface area contributed by atoms with E-state index in [1.165, 1.54) is 18.2 Å². The van der Waals surface area contributed by atoms with Gasteiger partial charge in [-0.2, -0.15) is 0 Å². The molecule has 4 nitrogen and oxygen atoms in total. The summed E-state index contributed by atoms with van der Waals surface area (Å²) >= 11 is 0. The Hall–Kier alpha value is -2.02. The van der Waals surface area contributed by atoms with Crippen LogP contribution in [0.1, 0.15) is 17.3 Å². The zero-order valence-corrected chi connectivity index (χ0v) is 10.1. The molecule has 0 aliphatic carbocycles. The zero-order chi connectivity index (χ0) is 14.0. The SMILES string of the molecule is Cn1cncc1C(N)c1cccc(OC(F)(F)F)c1. The minimum atomic E-state index is -4.71. The highest BCUT2D eigenvalue weighted by molar-refractivity contribution is 5.34. The number of benzene rings is 1. The average Bonchev–Trinajstić information content (AvgIpc) is 2.72. The molecule has 0 amide bonds. The number of hydrogen-bond donors (Lipinski definition) is 1. The molecule has 1 unspecified atom stereocenters. The fourth-order valence-corrected chi connectivity index (χ4v) is 1.74. The van der Waals surface area contributed by atoms with Crippen LogP contribution in [-0.4, -0.2) is 15.9 Å². The molecule has 19 heavy (non-hydrogen) atoms. The van der Waals surface area contributed by atoms with Crippen molar-refractivity contribution in [3.05, 3.63) is 48.0 Å². The predicted octanol–water partition coefficient (Wildman–Crippen LogP) is 2.37. The van der Waals surface area contributed by atoms with Gasteiger partial charge in [0, 0.05) is 7.05 Å². The number of nitrogens with zero attached hydrogens (tertiary/aromatic N) is 2. The van der Waals surface area contributed by atoms with Crippen LogP contribution in [0.5, 0.6) is 5.75 Å². The molecule has 1 aromatic carbocycles. The molecule has 0 bridgehead atoms. The summed E-state index contributed by atoms with van der Waals surface area (Å²) in [6.07, 6.45) is -1.57. The number of imidazole rings is 1. The van der Waals surface area contributed by atoms with Gasteiger partial charge in [-0.05, 0) is 17.7 Å². The molecule has 102 valence electrons. The average molecular weight is 271 g/mol. The van der Waals surface area contributed by atoms with E-state index in [0.717, 1.165) is 0 Å². The lowest BCUT2D eigenvalue weighted by Crippen LogP contribution is -2.18. The standard InChI is InChI=1S/C12H12F3N3O/c1-18-7-17-6-10(18)11(16)8-3-2-4-9(5-8)19-12(13,14)15/h2-7,11H,16H2,1H3. The summed E-state index contributed by atoms with van der Waals surface area (Å²) in [6.45, 7) is 0. The maximum atomic E-state index is 12.1. The van der Waals surface area contributed by atoms with Crippen LogP contribution in [0.15, 0.2) is 36.8 Å².